The molecule has 170 valence electrons. The minimum Gasteiger partial charge on any atom is -0.258 e. The molecule has 34 heavy (non-hydrogen) atoms. The van der Waals surface area contributed by atoms with Crippen LogP contribution in [0, 0.1) is 20.2 Å². The molecule has 5 rings (SSSR count). The molecule has 0 bridgehead atoms. The van der Waals surface area contributed by atoms with Gasteiger partial charge in [-0.25, -0.2) is 4.98 Å². The number of rotatable bonds is 4. The first-order valence-corrected chi connectivity index (χ1v) is 11.4. The number of aromatic nitrogens is 1. The molecule has 0 N–H and O–H groups in total. The van der Waals surface area contributed by atoms with Crippen molar-refractivity contribution < 1.29 is 9.85 Å². The molecule has 0 unspecified atom stereocenters. The van der Waals surface area contributed by atoms with E-state index in [0.717, 1.165) is 72.2 Å². The molecule has 1 heterocycles. The van der Waals surface area contributed by atoms with E-state index in [1.807, 2.05) is 0 Å². The number of aryl methyl sites for hydroxylation is 2. The van der Waals surface area contributed by atoms with Crippen molar-refractivity contribution in [3.63, 3.8) is 0 Å². The van der Waals surface area contributed by atoms with E-state index in [4.69, 9.17) is 4.98 Å². The standard InChI is InChI=1S/C27H23N3O4/c31-29(32)24-11-7-18(8-12-24)15-20-3-1-5-22-17-23-6-2-4-21(27(23)28-26(20)22)16-19-9-13-25(14-10-19)30(33)34/h7-17H,1-6H2. The normalized spacial score (nSPS) is 17.3. The van der Waals surface area contributed by atoms with Gasteiger partial charge in [-0.05, 0) is 108 Å². The van der Waals surface area contributed by atoms with Crippen molar-refractivity contribution in [2.75, 3.05) is 0 Å². The lowest BCUT2D eigenvalue weighted by molar-refractivity contribution is -0.385. The van der Waals surface area contributed by atoms with Crippen molar-refractivity contribution in [3.05, 3.63) is 108 Å². The number of nitro groups is 2. The molecule has 0 amide bonds. The quantitative estimate of drug-likeness (QED) is 0.325. The summed E-state index contributed by atoms with van der Waals surface area (Å²) in [6.45, 7) is 0. The maximum absolute atomic E-state index is 11.0. The smallest absolute Gasteiger partial charge is 0.258 e. The molecule has 7 nitrogen and oxygen atoms in total. The Bertz CT molecular complexity index is 1240. The van der Waals surface area contributed by atoms with Crippen LogP contribution < -0.4 is 0 Å². The monoisotopic (exact) mass is 453 g/mol. The van der Waals surface area contributed by atoms with Crippen LogP contribution in [0.3, 0.4) is 0 Å². The number of nitro benzene ring substituents is 2. The Kier molecular flexibility index (Phi) is 5.76. The lowest BCUT2D eigenvalue weighted by Crippen LogP contribution is -2.12. The number of benzene rings is 2. The predicted molar refractivity (Wildman–Crippen MR) is 132 cm³/mol. The molecule has 2 aromatic carbocycles. The van der Waals surface area contributed by atoms with Crippen LogP contribution in [0.2, 0.25) is 0 Å². The van der Waals surface area contributed by atoms with Gasteiger partial charge in [-0.1, -0.05) is 6.07 Å². The van der Waals surface area contributed by atoms with Gasteiger partial charge in [-0.3, -0.25) is 20.2 Å². The third kappa shape index (κ3) is 4.37. The fourth-order valence-corrected chi connectivity index (χ4v) is 4.78. The van der Waals surface area contributed by atoms with Crippen molar-refractivity contribution in [2.24, 2.45) is 0 Å². The third-order valence-corrected chi connectivity index (χ3v) is 6.46. The van der Waals surface area contributed by atoms with Crippen LogP contribution in [-0.4, -0.2) is 14.8 Å². The van der Waals surface area contributed by atoms with Crippen LogP contribution in [0.4, 0.5) is 11.4 Å². The van der Waals surface area contributed by atoms with Crippen molar-refractivity contribution in [2.45, 2.75) is 38.5 Å². The Hall–Kier alpha value is -4.13. The molecule has 0 saturated carbocycles. The van der Waals surface area contributed by atoms with Crippen LogP contribution in [0.15, 0.2) is 54.6 Å². The van der Waals surface area contributed by atoms with Gasteiger partial charge in [0.1, 0.15) is 0 Å². The largest absolute Gasteiger partial charge is 0.269 e. The highest BCUT2D eigenvalue weighted by molar-refractivity contribution is 5.86. The number of hydrogen-bond donors (Lipinski definition) is 0. The second-order valence-electron chi connectivity index (χ2n) is 8.75. The first kappa shape index (κ1) is 21.7. The van der Waals surface area contributed by atoms with E-state index in [9.17, 15) is 20.2 Å². The highest BCUT2D eigenvalue weighted by Crippen LogP contribution is 2.37. The van der Waals surface area contributed by atoms with Gasteiger partial charge in [0.05, 0.1) is 21.2 Å². The maximum atomic E-state index is 11.0. The molecule has 0 aliphatic heterocycles. The van der Waals surface area contributed by atoms with Crippen LogP contribution in [0.5, 0.6) is 0 Å². The van der Waals surface area contributed by atoms with Crippen molar-refractivity contribution in [1.29, 1.82) is 0 Å². The van der Waals surface area contributed by atoms with E-state index >= 15 is 0 Å². The molecule has 0 saturated heterocycles. The van der Waals surface area contributed by atoms with E-state index < -0.39 is 0 Å². The van der Waals surface area contributed by atoms with E-state index in [0.29, 0.717) is 0 Å². The molecule has 3 aromatic rings. The second-order valence-corrected chi connectivity index (χ2v) is 8.75. The van der Waals surface area contributed by atoms with E-state index in [2.05, 4.69) is 18.2 Å². The zero-order valence-electron chi connectivity index (χ0n) is 18.6. The third-order valence-electron chi connectivity index (χ3n) is 6.46. The number of non-ortho nitro benzene ring substituents is 2. The molecule has 0 atom stereocenters. The summed E-state index contributed by atoms with van der Waals surface area (Å²) in [7, 11) is 0. The summed E-state index contributed by atoms with van der Waals surface area (Å²) in [6, 6.07) is 15.5. The maximum Gasteiger partial charge on any atom is 0.269 e. The van der Waals surface area contributed by atoms with Gasteiger partial charge in [0.2, 0.25) is 0 Å². The Balaban J connectivity index is 1.52. The lowest BCUT2D eigenvalue weighted by atomic mass is 9.84. The zero-order valence-corrected chi connectivity index (χ0v) is 18.6. The van der Waals surface area contributed by atoms with Gasteiger partial charge in [0.25, 0.3) is 11.4 Å². The van der Waals surface area contributed by atoms with Gasteiger partial charge in [-0.2, -0.15) is 0 Å². The van der Waals surface area contributed by atoms with Gasteiger partial charge in [0.15, 0.2) is 0 Å². The first-order chi connectivity index (χ1) is 16.5. The first-order valence-electron chi connectivity index (χ1n) is 11.4. The Morgan fingerprint density at radius 3 is 1.44 bits per heavy atom. The molecule has 7 heteroatoms. The summed E-state index contributed by atoms with van der Waals surface area (Å²) >= 11 is 0. The SMILES string of the molecule is O=[N+]([O-])c1ccc(C=C2CCCc3cc4c(nc32)C(=Cc2ccc([N+](=O)[O-])cc2)CCC4)cc1. The van der Waals surface area contributed by atoms with Gasteiger partial charge in [0, 0.05) is 24.3 Å². The minimum absolute atomic E-state index is 0.0828. The number of nitrogens with zero attached hydrogens (tertiary/aromatic N) is 3. The number of allylic oxidation sites excluding steroid dienone is 2. The van der Waals surface area contributed by atoms with Gasteiger partial charge < -0.3 is 0 Å². The second kappa shape index (κ2) is 9.02. The zero-order chi connectivity index (χ0) is 23.7. The van der Waals surface area contributed by atoms with Crippen LogP contribution >= 0.6 is 0 Å². The average Bonchev–Trinajstić information content (AvgIpc) is 2.84. The molecule has 2 aliphatic rings. The summed E-state index contributed by atoms with van der Waals surface area (Å²) in [5, 5.41) is 21.9. The molecular formula is C27H23N3O4. The van der Waals surface area contributed by atoms with Crippen molar-refractivity contribution >= 4 is 34.7 Å². The summed E-state index contributed by atoms with van der Waals surface area (Å²) in [5.74, 6) is 0. The molecule has 0 radical (unpaired) electrons. The Labute approximate surface area is 196 Å². The van der Waals surface area contributed by atoms with Crippen LogP contribution in [-0.2, 0) is 12.8 Å². The summed E-state index contributed by atoms with van der Waals surface area (Å²) < 4.78 is 0. The van der Waals surface area contributed by atoms with E-state index in [-0.39, 0.29) is 21.2 Å². The highest BCUT2D eigenvalue weighted by atomic mass is 16.6. The molecule has 1 aromatic heterocycles. The fourth-order valence-electron chi connectivity index (χ4n) is 4.78. The molecule has 0 fully saturated rings. The predicted octanol–water partition coefficient (Wildman–Crippen LogP) is 6.65. The van der Waals surface area contributed by atoms with E-state index in [1.165, 1.54) is 35.4 Å². The lowest BCUT2D eigenvalue weighted by Gasteiger charge is -2.25. The van der Waals surface area contributed by atoms with Crippen molar-refractivity contribution in [1.82, 2.24) is 4.98 Å². The summed E-state index contributed by atoms with van der Waals surface area (Å²) in [4.78, 5) is 26.3. The van der Waals surface area contributed by atoms with E-state index in [1.54, 1.807) is 24.3 Å². The number of hydrogen-bond acceptors (Lipinski definition) is 5. The number of fused-ring (bicyclic) bond motifs is 2. The summed E-state index contributed by atoms with van der Waals surface area (Å²) in [5.41, 5.74) is 8.86. The topological polar surface area (TPSA) is 99.2 Å². The Morgan fingerprint density at radius 2 is 1.06 bits per heavy atom. The van der Waals surface area contributed by atoms with Gasteiger partial charge >= 0.3 is 0 Å². The fraction of sp³-hybridized carbons (Fsp3) is 0.222. The summed E-state index contributed by atoms with van der Waals surface area (Å²) in [6.07, 6.45) is 10.1. The average molecular weight is 453 g/mol. The minimum atomic E-state index is -0.389. The molecule has 0 spiro atoms. The van der Waals surface area contributed by atoms with Crippen LogP contribution in [0.1, 0.15) is 59.3 Å². The van der Waals surface area contributed by atoms with Gasteiger partial charge in [-0.15, -0.1) is 0 Å². The highest BCUT2D eigenvalue weighted by Gasteiger charge is 2.23. The molecular weight excluding hydrogens is 430 g/mol. The molecule has 2 aliphatic carbocycles. The van der Waals surface area contributed by atoms with Crippen molar-refractivity contribution in [3.8, 4) is 0 Å². The number of pyridine rings is 1. The van der Waals surface area contributed by atoms with Crippen LogP contribution in [0.25, 0.3) is 23.3 Å². The Morgan fingerprint density at radius 1 is 0.647 bits per heavy atom.